The number of pyridine rings is 1. The lowest BCUT2D eigenvalue weighted by Crippen LogP contribution is -2.28. The number of rotatable bonds is 3. The summed E-state index contributed by atoms with van der Waals surface area (Å²) >= 11 is 0. The second-order valence-electron chi connectivity index (χ2n) is 3.72. The topological polar surface area (TPSA) is 68.3 Å². The first kappa shape index (κ1) is 10.6. The molecule has 5 heteroatoms. The lowest BCUT2D eigenvalue weighted by molar-refractivity contribution is 0.0616. The molecule has 1 aliphatic carbocycles. The number of hydrogen-bond acceptors (Lipinski definition) is 4. The molecule has 1 fully saturated rings. The van der Waals surface area contributed by atoms with Gasteiger partial charge < -0.3 is 10.1 Å². The smallest absolute Gasteiger partial charge is 0.371 e. The zero-order chi connectivity index (χ0) is 11.4. The van der Waals surface area contributed by atoms with E-state index in [9.17, 15) is 9.59 Å². The Morgan fingerprint density at radius 3 is 2.88 bits per heavy atom. The van der Waals surface area contributed by atoms with Gasteiger partial charge in [0.05, 0.1) is 0 Å². The number of aromatic nitrogens is 1. The summed E-state index contributed by atoms with van der Waals surface area (Å²) in [5, 5.41) is 2.54. The van der Waals surface area contributed by atoms with Crippen LogP contribution in [0.5, 0.6) is 0 Å². The Morgan fingerprint density at radius 2 is 2.25 bits per heavy atom. The van der Waals surface area contributed by atoms with Crippen LogP contribution in [0.1, 0.15) is 23.3 Å². The van der Waals surface area contributed by atoms with Gasteiger partial charge in [0.2, 0.25) is 0 Å². The Hall–Kier alpha value is -1.91. The van der Waals surface area contributed by atoms with Gasteiger partial charge in [-0.15, -0.1) is 0 Å². The summed E-state index contributed by atoms with van der Waals surface area (Å²) in [7, 11) is 0. The standard InChI is InChI=1S/C11H12N2O3/c14-10(9-3-1-2-6-12-9)16-11(15)13-7-8-4-5-8/h1-3,6,8H,4-5,7H2,(H,13,15). The fraction of sp³-hybridized carbons (Fsp3) is 0.364. The summed E-state index contributed by atoms with van der Waals surface area (Å²) in [5.41, 5.74) is 0.129. The minimum absolute atomic E-state index is 0.129. The first-order valence-corrected chi connectivity index (χ1v) is 5.17. The minimum atomic E-state index is -0.728. The maximum absolute atomic E-state index is 11.4. The average molecular weight is 220 g/mol. The number of nitrogens with zero attached hydrogens (tertiary/aromatic N) is 1. The molecule has 0 saturated heterocycles. The number of carbonyl (C=O) groups is 2. The molecular weight excluding hydrogens is 208 g/mol. The molecule has 0 atom stereocenters. The van der Waals surface area contributed by atoms with E-state index in [0.717, 1.165) is 12.8 Å². The Balaban J connectivity index is 1.79. The Morgan fingerprint density at radius 1 is 1.44 bits per heavy atom. The van der Waals surface area contributed by atoms with Crippen molar-refractivity contribution in [1.82, 2.24) is 10.3 Å². The minimum Gasteiger partial charge on any atom is -0.371 e. The normalized spacial score (nSPS) is 14.2. The van der Waals surface area contributed by atoms with E-state index in [4.69, 9.17) is 0 Å². The van der Waals surface area contributed by atoms with E-state index >= 15 is 0 Å². The summed E-state index contributed by atoms with van der Waals surface area (Å²) in [5.74, 6) is -0.175. The summed E-state index contributed by atoms with van der Waals surface area (Å²) in [6, 6.07) is 4.84. The third-order valence-corrected chi connectivity index (χ3v) is 2.29. The summed E-state index contributed by atoms with van der Waals surface area (Å²) in [4.78, 5) is 26.3. The van der Waals surface area contributed by atoms with Crippen molar-refractivity contribution >= 4 is 12.1 Å². The van der Waals surface area contributed by atoms with E-state index in [1.807, 2.05) is 0 Å². The van der Waals surface area contributed by atoms with Gasteiger partial charge >= 0.3 is 12.1 Å². The van der Waals surface area contributed by atoms with Gasteiger partial charge in [0.25, 0.3) is 0 Å². The lowest BCUT2D eigenvalue weighted by atomic mass is 10.4. The molecule has 5 nitrogen and oxygen atoms in total. The molecule has 0 bridgehead atoms. The molecule has 1 amide bonds. The number of carbonyl (C=O) groups excluding carboxylic acids is 2. The third-order valence-electron chi connectivity index (χ3n) is 2.29. The van der Waals surface area contributed by atoms with E-state index in [1.54, 1.807) is 12.1 Å². The second kappa shape index (κ2) is 4.74. The van der Waals surface area contributed by atoms with Crippen LogP contribution in [0, 0.1) is 5.92 Å². The largest absolute Gasteiger partial charge is 0.415 e. The van der Waals surface area contributed by atoms with E-state index in [0.29, 0.717) is 12.5 Å². The molecule has 16 heavy (non-hydrogen) atoms. The molecule has 2 rings (SSSR count). The van der Waals surface area contributed by atoms with Crippen LogP contribution in [0.25, 0.3) is 0 Å². The predicted molar refractivity (Wildman–Crippen MR) is 55.8 cm³/mol. The molecular formula is C11H12N2O3. The van der Waals surface area contributed by atoms with Gasteiger partial charge in [-0.25, -0.2) is 14.6 Å². The first-order valence-electron chi connectivity index (χ1n) is 5.17. The molecule has 84 valence electrons. The number of alkyl carbamates (subject to hydrolysis) is 1. The van der Waals surface area contributed by atoms with Crippen molar-refractivity contribution in [3.05, 3.63) is 30.1 Å². The summed E-state index contributed by atoms with van der Waals surface area (Å²) in [6.07, 6.45) is 3.03. The van der Waals surface area contributed by atoms with Gasteiger partial charge in [-0.3, -0.25) is 0 Å². The molecule has 0 spiro atoms. The number of esters is 1. The highest BCUT2D eigenvalue weighted by atomic mass is 16.6. The van der Waals surface area contributed by atoms with Crippen molar-refractivity contribution in [2.75, 3.05) is 6.54 Å². The average Bonchev–Trinajstić information content (AvgIpc) is 3.11. The van der Waals surface area contributed by atoms with Crippen molar-refractivity contribution in [3.8, 4) is 0 Å². The second-order valence-corrected chi connectivity index (χ2v) is 3.72. The Bertz CT molecular complexity index is 387. The number of nitrogens with one attached hydrogen (secondary N) is 1. The first-order chi connectivity index (χ1) is 7.75. The van der Waals surface area contributed by atoms with Gasteiger partial charge in [-0.1, -0.05) is 6.07 Å². The molecule has 1 aromatic heterocycles. The van der Waals surface area contributed by atoms with Gasteiger partial charge in [-0.2, -0.15) is 0 Å². The Labute approximate surface area is 92.8 Å². The van der Waals surface area contributed by atoms with Crippen molar-refractivity contribution in [1.29, 1.82) is 0 Å². The molecule has 0 unspecified atom stereocenters. The zero-order valence-electron chi connectivity index (χ0n) is 8.68. The van der Waals surface area contributed by atoms with E-state index < -0.39 is 12.1 Å². The van der Waals surface area contributed by atoms with Crippen molar-refractivity contribution in [2.45, 2.75) is 12.8 Å². The van der Waals surface area contributed by atoms with Crippen LogP contribution in [0.2, 0.25) is 0 Å². The number of amides is 1. The van der Waals surface area contributed by atoms with Crippen LogP contribution in [0.15, 0.2) is 24.4 Å². The molecule has 1 saturated carbocycles. The van der Waals surface area contributed by atoms with Crippen LogP contribution in [0.3, 0.4) is 0 Å². The van der Waals surface area contributed by atoms with E-state index in [2.05, 4.69) is 15.0 Å². The van der Waals surface area contributed by atoms with Gasteiger partial charge in [0, 0.05) is 12.7 Å². The van der Waals surface area contributed by atoms with Crippen molar-refractivity contribution in [3.63, 3.8) is 0 Å². The Kier molecular flexibility index (Phi) is 3.14. The molecule has 1 heterocycles. The van der Waals surface area contributed by atoms with Crippen LogP contribution in [-0.4, -0.2) is 23.6 Å². The molecule has 1 N–H and O–H groups in total. The number of ether oxygens (including phenoxy) is 1. The predicted octanol–water partition coefficient (Wildman–Crippen LogP) is 1.36. The van der Waals surface area contributed by atoms with Crippen LogP contribution in [-0.2, 0) is 4.74 Å². The van der Waals surface area contributed by atoms with Crippen LogP contribution >= 0.6 is 0 Å². The van der Waals surface area contributed by atoms with Gasteiger partial charge in [-0.05, 0) is 30.9 Å². The molecule has 1 aliphatic rings. The van der Waals surface area contributed by atoms with Crippen LogP contribution < -0.4 is 5.32 Å². The number of hydrogen-bond donors (Lipinski definition) is 1. The van der Waals surface area contributed by atoms with Crippen molar-refractivity contribution < 1.29 is 14.3 Å². The highest BCUT2D eigenvalue weighted by Crippen LogP contribution is 2.27. The van der Waals surface area contributed by atoms with Gasteiger partial charge in [0.1, 0.15) is 5.69 Å². The molecule has 0 radical (unpaired) electrons. The zero-order valence-corrected chi connectivity index (χ0v) is 8.68. The summed E-state index contributed by atoms with van der Waals surface area (Å²) in [6.45, 7) is 0.578. The SMILES string of the molecule is O=C(NCC1CC1)OC(=O)c1ccccn1. The fourth-order valence-corrected chi connectivity index (χ4v) is 1.21. The van der Waals surface area contributed by atoms with E-state index in [-0.39, 0.29) is 5.69 Å². The quantitative estimate of drug-likeness (QED) is 0.616. The lowest BCUT2D eigenvalue weighted by Gasteiger charge is -2.03. The van der Waals surface area contributed by atoms with Crippen LogP contribution in [0.4, 0.5) is 4.79 Å². The van der Waals surface area contributed by atoms with Gasteiger partial charge in [0.15, 0.2) is 0 Å². The molecule has 0 aliphatic heterocycles. The monoisotopic (exact) mass is 220 g/mol. The highest BCUT2D eigenvalue weighted by Gasteiger charge is 2.22. The highest BCUT2D eigenvalue weighted by molar-refractivity contribution is 5.94. The molecule has 1 aromatic rings. The molecule has 0 aromatic carbocycles. The third kappa shape index (κ3) is 3.05. The summed E-state index contributed by atoms with van der Waals surface area (Å²) < 4.78 is 4.56. The van der Waals surface area contributed by atoms with E-state index in [1.165, 1.54) is 12.3 Å². The maximum Gasteiger partial charge on any atom is 0.415 e. The fourth-order valence-electron chi connectivity index (χ4n) is 1.21. The van der Waals surface area contributed by atoms with Crippen molar-refractivity contribution in [2.24, 2.45) is 5.92 Å². The maximum atomic E-state index is 11.4.